The molecule has 0 nitrogen and oxygen atoms in total. The molecule has 1 rings (SSSR count). The van der Waals surface area contributed by atoms with Crippen LogP contribution in [0.2, 0.25) is 19.6 Å². The molecule has 3 heteroatoms. The minimum absolute atomic E-state index is 0. The van der Waals surface area contributed by atoms with E-state index in [9.17, 15) is 0 Å². The average Bonchev–Trinajstić information content (AvgIpc) is 2.38. The monoisotopic (exact) mass is 272 g/mol. The summed E-state index contributed by atoms with van der Waals surface area (Å²) < 4.78 is 0. The molecule has 14 heavy (non-hydrogen) atoms. The standard InChI is InChI=1S/C6H11Si.C4H3S.CH3.Cu/c1-5-6-7(2,3)4;1-2-4-5-3-1;;/h1H2,2-4H3;1-3H;1H3;/q3*-1;. The van der Waals surface area contributed by atoms with Crippen molar-refractivity contribution in [1.29, 1.82) is 0 Å². The van der Waals surface area contributed by atoms with Gasteiger partial charge in [0.1, 0.15) is 0 Å². The summed E-state index contributed by atoms with van der Waals surface area (Å²) in [5.74, 6) is 2.67. The van der Waals surface area contributed by atoms with Crippen LogP contribution in [0.1, 0.15) is 0 Å². The Morgan fingerprint density at radius 3 is 2.00 bits per heavy atom. The van der Waals surface area contributed by atoms with Crippen LogP contribution in [0, 0.1) is 31.2 Å². The molecule has 1 radical (unpaired) electrons. The molecule has 0 spiro atoms. The topological polar surface area (TPSA) is 0 Å². The zero-order valence-corrected chi connectivity index (χ0v) is 11.9. The van der Waals surface area contributed by atoms with Crippen LogP contribution in [0.25, 0.3) is 0 Å². The first kappa shape index (κ1) is 19.4. The smallest absolute Gasteiger partial charge is 0.0120 e. The molecule has 0 fully saturated rings. The van der Waals surface area contributed by atoms with Crippen molar-refractivity contribution in [2.75, 3.05) is 0 Å². The number of hydrogen-bond donors (Lipinski definition) is 0. The Morgan fingerprint density at radius 1 is 1.36 bits per heavy atom. The summed E-state index contributed by atoms with van der Waals surface area (Å²) in [6, 6.07) is 3.86. The average molecular weight is 273 g/mol. The zero-order chi connectivity index (χ0) is 9.45. The third kappa shape index (κ3) is 17.8. The van der Waals surface area contributed by atoms with Gasteiger partial charge in [-0.05, 0) is 0 Å². The van der Waals surface area contributed by atoms with E-state index in [4.69, 9.17) is 0 Å². The quantitative estimate of drug-likeness (QED) is 0.384. The molecular formula is C11H17CuSSi-3. The van der Waals surface area contributed by atoms with E-state index >= 15 is 0 Å². The Hall–Kier alpha value is -0.134. The SMILES string of the molecule is [CH2-]C#C[Si](C)(C)C.[CH3-].[Cu].[c-]1cccs1. The number of rotatable bonds is 0. The fourth-order valence-corrected chi connectivity index (χ4v) is 1.38. The molecule has 0 saturated carbocycles. The zero-order valence-electron chi connectivity index (χ0n) is 9.15. The molecule has 85 valence electrons. The van der Waals surface area contributed by atoms with Gasteiger partial charge in [-0.2, -0.15) is 18.4 Å². The van der Waals surface area contributed by atoms with Gasteiger partial charge in [0, 0.05) is 25.1 Å². The molecule has 0 atom stereocenters. The van der Waals surface area contributed by atoms with Gasteiger partial charge in [0.25, 0.3) is 0 Å². The second-order valence-electron chi connectivity index (χ2n) is 3.28. The summed E-state index contributed by atoms with van der Waals surface area (Å²) in [5, 5.41) is 4.89. The number of hydrogen-bond acceptors (Lipinski definition) is 1. The first-order chi connectivity index (χ1) is 5.56. The Bertz CT molecular complexity index is 221. The van der Waals surface area contributed by atoms with Gasteiger partial charge in [0.2, 0.25) is 0 Å². The van der Waals surface area contributed by atoms with Gasteiger partial charge in [-0.25, -0.2) is 6.07 Å². The van der Waals surface area contributed by atoms with Crippen molar-refractivity contribution in [3.8, 4) is 11.5 Å². The molecule has 0 aromatic carbocycles. The van der Waals surface area contributed by atoms with E-state index in [-0.39, 0.29) is 24.5 Å². The van der Waals surface area contributed by atoms with Crippen LogP contribution in [0.15, 0.2) is 17.5 Å². The van der Waals surface area contributed by atoms with Gasteiger partial charge < -0.3 is 24.3 Å². The molecular weight excluding hydrogens is 256 g/mol. The molecule has 1 aromatic heterocycles. The van der Waals surface area contributed by atoms with Crippen LogP contribution < -0.4 is 0 Å². The van der Waals surface area contributed by atoms with E-state index < -0.39 is 8.07 Å². The minimum Gasteiger partial charge on any atom is -0.358 e. The van der Waals surface area contributed by atoms with E-state index in [0.717, 1.165) is 0 Å². The van der Waals surface area contributed by atoms with Gasteiger partial charge in [0.05, 0.1) is 0 Å². The van der Waals surface area contributed by atoms with Crippen LogP contribution in [0.5, 0.6) is 0 Å². The Kier molecular flexibility index (Phi) is 15.2. The maximum atomic E-state index is 3.44. The van der Waals surface area contributed by atoms with Gasteiger partial charge in [0.15, 0.2) is 0 Å². The van der Waals surface area contributed by atoms with Gasteiger partial charge in [-0.1, -0.05) is 19.6 Å². The Balaban J connectivity index is -0.000000155. The third-order valence-electron chi connectivity index (χ3n) is 0.842. The van der Waals surface area contributed by atoms with Crippen molar-refractivity contribution in [3.63, 3.8) is 0 Å². The molecule has 0 amide bonds. The van der Waals surface area contributed by atoms with Crippen molar-refractivity contribution >= 4 is 19.4 Å². The predicted molar refractivity (Wildman–Crippen MR) is 66.0 cm³/mol. The largest absolute Gasteiger partial charge is 0.358 e. The molecule has 0 aliphatic carbocycles. The fourth-order valence-electron chi connectivity index (χ4n) is 0.462. The molecule has 0 N–H and O–H groups in total. The molecule has 0 aliphatic rings. The molecule has 1 heterocycles. The summed E-state index contributed by atoms with van der Waals surface area (Å²) in [7, 11) is -1.08. The van der Waals surface area contributed by atoms with Crippen LogP contribution in [0.4, 0.5) is 0 Å². The van der Waals surface area contributed by atoms with Gasteiger partial charge in [-0.15, -0.1) is 5.38 Å². The minimum atomic E-state index is -1.08. The van der Waals surface area contributed by atoms with Crippen molar-refractivity contribution in [3.05, 3.63) is 37.2 Å². The molecule has 0 saturated heterocycles. The third-order valence-corrected chi connectivity index (χ3v) is 2.33. The number of thiophene rings is 1. The molecule has 0 unspecified atom stereocenters. The van der Waals surface area contributed by atoms with Crippen molar-refractivity contribution in [2.45, 2.75) is 19.6 Å². The van der Waals surface area contributed by atoms with E-state index in [1.54, 1.807) is 11.3 Å². The first-order valence-corrected chi connectivity index (χ1v) is 8.13. The summed E-state index contributed by atoms with van der Waals surface area (Å²) >= 11 is 1.59. The Labute approximate surface area is 105 Å². The van der Waals surface area contributed by atoms with Gasteiger partial charge in [-0.3, -0.25) is 5.92 Å². The second-order valence-corrected chi connectivity index (χ2v) is 8.78. The molecule has 0 bridgehead atoms. The first-order valence-electron chi connectivity index (χ1n) is 3.75. The van der Waals surface area contributed by atoms with Crippen LogP contribution in [-0.4, -0.2) is 8.07 Å². The summed E-state index contributed by atoms with van der Waals surface area (Å²) in [5.41, 5.74) is 3.06. The van der Waals surface area contributed by atoms with E-state index in [1.165, 1.54) is 0 Å². The second kappa shape index (κ2) is 10.9. The van der Waals surface area contributed by atoms with E-state index in [1.807, 2.05) is 17.5 Å². The van der Waals surface area contributed by atoms with Crippen molar-refractivity contribution < 1.29 is 17.1 Å². The van der Waals surface area contributed by atoms with E-state index in [2.05, 4.69) is 43.4 Å². The fraction of sp³-hybridized carbons (Fsp3) is 0.273. The maximum Gasteiger partial charge on any atom is 0.0120 e. The Morgan fingerprint density at radius 2 is 1.93 bits per heavy atom. The van der Waals surface area contributed by atoms with Gasteiger partial charge >= 0.3 is 0 Å². The van der Waals surface area contributed by atoms with Crippen LogP contribution in [-0.2, 0) is 17.1 Å². The summed E-state index contributed by atoms with van der Waals surface area (Å²) in [6.45, 7) is 10.0. The van der Waals surface area contributed by atoms with Crippen LogP contribution in [0.3, 0.4) is 0 Å². The van der Waals surface area contributed by atoms with Crippen molar-refractivity contribution in [2.24, 2.45) is 0 Å². The molecule has 0 aliphatic heterocycles. The normalized spacial score (nSPS) is 7.64. The molecule has 1 aromatic rings. The van der Waals surface area contributed by atoms with E-state index in [0.29, 0.717) is 0 Å². The summed E-state index contributed by atoms with van der Waals surface area (Å²) in [4.78, 5) is 0. The van der Waals surface area contributed by atoms with Crippen LogP contribution >= 0.6 is 11.3 Å². The summed E-state index contributed by atoms with van der Waals surface area (Å²) in [6.07, 6.45) is 0. The van der Waals surface area contributed by atoms with Crippen molar-refractivity contribution in [1.82, 2.24) is 0 Å². The predicted octanol–water partition coefficient (Wildman–Crippen LogP) is 3.70. The maximum absolute atomic E-state index is 3.44.